The van der Waals surface area contributed by atoms with E-state index in [2.05, 4.69) is 20.7 Å². The number of nitrogens with zero attached hydrogens (tertiary/aromatic N) is 3. The number of fused-ring (bicyclic) bond motifs is 1. The molecule has 3 heterocycles. The fraction of sp³-hybridized carbons (Fsp3) is 0.364. The van der Waals surface area contributed by atoms with Gasteiger partial charge in [0.2, 0.25) is 5.88 Å². The van der Waals surface area contributed by atoms with Gasteiger partial charge in [0.05, 0.1) is 35.1 Å². The first-order valence-corrected chi connectivity index (χ1v) is 10.3. The maximum Gasteiger partial charge on any atom is 0.411 e. The molecular weight excluding hydrogens is 431 g/mol. The molecule has 0 aliphatic heterocycles. The highest BCUT2D eigenvalue weighted by molar-refractivity contribution is 6.03. The Morgan fingerprint density at radius 2 is 2.03 bits per heavy atom. The summed E-state index contributed by atoms with van der Waals surface area (Å²) in [6.07, 6.45) is 2.01. The first-order valence-electron chi connectivity index (χ1n) is 10.3. The molecule has 0 saturated heterocycles. The zero-order chi connectivity index (χ0) is 24.3. The highest BCUT2D eigenvalue weighted by Crippen LogP contribution is 2.30. The van der Waals surface area contributed by atoms with Gasteiger partial charge in [-0.25, -0.2) is 18.7 Å². The molecule has 176 valence electrons. The zero-order valence-electron chi connectivity index (χ0n) is 18.8. The number of carbonyl (C=O) groups excluding carboxylic acids is 2. The molecule has 0 bridgehead atoms. The molecule has 3 aromatic rings. The summed E-state index contributed by atoms with van der Waals surface area (Å²) in [6.45, 7) is 6.17. The van der Waals surface area contributed by atoms with Crippen LogP contribution in [0.4, 0.5) is 14.9 Å². The monoisotopic (exact) mass is 458 g/mol. The Balaban J connectivity index is 1.98. The number of alkyl halides is 1. The minimum atomic E-state index is -1.64. The van der Waals surface area contributed by atoms with Crippen LogP contribution in [0, 0.1) is 0 Å². The zero-order valence-corrected chi connectivity index (χ0v) is 18.8. The van der Waals surface area contributed by atoms with Crippen LogP contribution in [-0.2, 0) is 0 Å². The molecule has 5 N–H and O–H groups in total. The van der Waals surface area contributed by atoms with Crippen molar-refractivity contribution in [2.75, 3.05) is 11.9 Å². The summed E-state index contributed by atoms with van der Waals surface area (Å²) >= 11 is 0. The van der Waals surface area contributed by atoms with Crippen LogP contribution in [0.1, 0.15) is 38.1 Å². The lowest BCUT2D eigenvalue weighted by molar-refractivity contribution is -0.00177. The van der Waals surface area contributed by atoms with E-state index in [9.17, 15) is 19.1 Å². The summed E-state index contributed by atoms with van der Waals surface area (Å²) < 4.78 is 20.5. The average molecular weight is 458 g/mol. The number of pyridine rings is 1. The van der Waals surface area contributed by atoms with Gasteiger partial charge in [-0.3, -0.25) is 4.79 Å². The first kappa shape index (κ1) is 23.9. The molecule has 0 saturated carbocycles. The molecule has 0 aliphatic carbocycles. The minimum Gasteiger partial charge on any atom is -0.391 e. The van der Waals surface area contributed by atoms with E-state index in [1.165, 1.54) is 26.2 Å². The second kappa shape index (κ2) is 9.41. The summed E-state index contributed by atoms with van der Waals surface area (Å²) in [7, 11) is 0. The molecule has 0 aromatic carbocycles. The highest BCUT2D eigenvalue weighted by atomic mass is 19.1. The van der Waals surface area contributed by atoms with Crippen molar-refractivity contribution in [3.63, 3.8) is 0 Å². The van der Waals surface area contributed by atoms with Crippen molar-refractivity contribution in [2.24, 2.45) is 5.73 Å². The molecule has 0 radical (unpaired) electrons. The van der Waals surface area contributed by atoms with Gasteiger partial charge in [-0.15, -0.1) is 0 Å². The van der Waals surface area contributed by atoms with Crippen LogP contribution in [-0.4, -0.2) is 56.1 Å². The smallest absolute Gasteiger partial charge is 0.391 e. The molecular formula is C22H27FN6O4. The van der Waals surface area contributed by atoms with Crippen molar-refractivity contribution in [1.82, 2.24) is 19.9 Å². The topological polar surface area (TPSA) is 144 Å². The van der Waals surface area contributed by atoms with Crippen LogP contribution in [0.15, 0.2) is 36.8 Å². The van der Waals surface area contributed by atoms with E-state index in [4.69, 9.17) is 10.5 Å². The van der Waals surface area contributed by atoms with E-state index in [-0.39, 0.29) is 24.0 Å². The summed E-state index contributed by atoms with van der Waals surface area (Å²) in [5.74, 6) is -0.472. The number of nitrogens with one attached hydrogen (secondary N) is 2. The number of ether oxygens (including phenoxy) is 1. The normalized spacial score (nSPS) is 12.6. The maximum atomic E-state index is 14.1. The average Bonchev–Trinajstić information content (AvgIpc) is 3.15. The Hall–Kier alpha value is -3.73. The van der Waals surface area contributed by atoms with Crippen molar-refractivity contribution >= 4 is 23.2 Å². The lowest BCUT2D eigenvalue weighted by atomic mass is 10.0. The minimum absolute atomic E-state index is 0.0112. The van der Waals surface area contributed by atoms with Crippen molar-refractivity contribution in [3.8, 4) is 17.0 Å². The van der Waals surface area contributed by atoms with Crippen LogP contribution in [0.3, 0.4) is 0 Å². The van der Waals surface area contributed by atoms with Crippen LogP contribution in [0.5, 0.6) is 5.88 Å². The largest absolute Gasteiger partial charge is 0.411 e. The summed E-state index contributed by atoms with van der Waals surface area (Å²) in [4.78, 5) is 27.8. The van der Waals surface area contributed by atoms with Crippen molar-refractivity contribution in [2.45, 2.75) is 45.5 Å². The fourth-order valence-corrected chi connectivity index (χ4v) is 3.10. The Morgan fingerprint density at radius 1 is 1.30 bits per heavy atom. The van der Waals surface area contributed by atoms with Gasteiger partial charge in [-0.05, 0) is 45.4 Å². The van der Waals surface area contributed by atoms with E-state index in [0.29, 0.717) is 16.8 Å². The first-order chi connectivity index (χ1) is 15.5. The van der Waals surface area contributed by atoms with E-state index in [1.54, 1.807) is 22.8 Å². The standard InChI is InChI=1S/C22H27FN6O4/c1-12(2)28-19-15(20(30)26-10-17(23)22(3,4)32)9-27-29-11-14(7-16(19)29)13-5-6-25-18(8-13)33-21(24)31/h5-9,11-12,17,28,32H,10H2,1-4H3,(H2,24,31)(H,26,30). The Kier molecular flexibility index (Phi) is 6.82. The van der Waals surface area contributed by atoms with Gasteiger partial charge in [0.15, 0.2) is 0 Å². The highest BCUT2D eigenvalue weighted by Gasteiger charge is 2.27. The van der Waals surface area contributed by atoms with Gasteiger partial charge in [-0.1, -0.05) is 0 Å². The maximum absolute atomic E-state index is 14.1. The molecule has 0 fully saturated rings. The van der Waals surface area contributed by atoms with Gasteiger partial charge in [0.25, 0.3) is 5.91 Å². The number of hydrogen-bond acceptors (Lipinski definition) is 7. The Morgan fingerprint density at radius 3 is 2.67 bits per heavy atom. The number of amides is 2. The Bertz CT molecular complexity index is 1170. The molecule has 3 aromatic heterocycles. The second-order valence-electron chi connectivity index (χ2n) is 8.43. The van der Waals surface area contributed by atoms with Gasteiger partial charge < -0.3 is 26.2 Å². The SMILES string of the molecule is CC(C)Nc1c(C(=O)NCC(F)C(C)(C)O)cnn2cc(-c3ccnc(OC(N)=O)c3)cc12. The predicted octanol–water partition coefficient (Wildman–Crippen LogP) is 2.51. The molecule has 2 amide bonds. The number of carbonyl (C=O) groups is 2. The van der Waals surface area contributed by atoms with Gasteiger partial charge in [0, 0.05) is 30.1 Å². The molecule has 11 heteroatoms. The lowest BCUT2D eigenvalue weighted by Gasteiger charge is -2.23. The number of rotatable bonds is 8. The quantitative estimate of drug-likeness (QED) is 0.406. The third-order valence-corrected chi connectivity index (χ3v) is 4.80. The van der Waals surface area contributed by atoms with Crippen LogP contribution >= 0.6 is 0 Å². The lowest BCUT2D eigenvalue weighted by Crippen LogP contribution is -2.42. The number of hydrogen-bond donors (Lipinski definition) is 4. The molecule has 3 rings (SSSR count). The summed E-state index contributed by atoms with van der Waals surface area (Å²) in [5, 5.41) is 19.9. The molecule has 1 atom stereocenters. The number of aliphatic hydroxyl groups is 1. The Labute approximate surface area is 189 Å². The molecule has 10 nitrogen and oxygen atoms in total. The number of nitrogens with two attached hydrogens (primary N) is 1. The van der Waals surface area contributed by atoms with E-state index in [0.717, 1.165) is 5.56 Å². The fourth-order valence-electron chi connectivity index (χ4n) is 3.10. The summed E-state index contributed by atoms with van der Waals surface area (Å²) in [5.41, 5.74) is 6.26. The van der Waals surface area contributed by atoms with Crippen LogP contribution < -0.4 is 21.1 Å². The number of anilines is 1. The molecule has 1 unspecified atom stereocenters. The van der Waals surface area contributed by atoms with E-state index in [1.807, 2.05) is 19.9 Å². The predicted molar refractivity (Wildman–Crippen MR) is 121 cm³/mol. The number of aromatic nitrogens is 3. The van der Waals surface area contributed by atoms with E-state index < -0.39 is 23.8 Å². The second-order valence-corrected chi connectivity index (χ2v) is 8.43. The van der Waals surface area contributed by atoms with Crippen molar-refractivity contribution in [3.05, 3.63) is 42.4 Å². The third kappa shape index (κ3) is 5.75. The molecule has 33 heavy (non-hydrogen) atoms. The van der Waals surface area contributed by atoms with Crippen LogP contribution in [0.2, 0.25) is 0 Å². The van der Waals surface area contributed by atoms with Crippen molar-refractivity contribution in [1.29, 1.82) is 0 Å². The third-order valence-electron chi connectivity index (χ3n) is 4.80. The number of halogens is 1. The van der Waals surface area contributed by atoms with Gasteiger partial charge in [-0.2, -0.15) is 5.10 Å². The van der Waals surface area contributed by atoms with Crippen molar-refractivity contribution < 1.29 is 23.8 Å². The van der Waals surface area contributed by atoms with Crippen LogP contribution in [0.25, 0.3) is 16.6 Å². The summed E-state index contributed by atoms with van der Waals surface area (Å²) in [6, 6.07) is 5.08. The van der Waals surface area contributed by atoms with Gasteiger partial charge >= 0.3 is 6.09 Å². The molecule has 0 aliphatic rings. The number of primary amides is 1. The van der Waals surface area contributed by atoms with Gasteiger partial charge in [0.1, 0.15) is 6.17 Å². The van der Waals surface area contributed by atoms with E-state index >= 15 is 0 Å². The molecule has 0 spiro atoms.